The highest BCUT2D eigenvalue weighted by Gasteiger charge is 2.28. The maximum Gasteiger partial charge on any atom is 0.243 e. The lowest BCUT2D eigenvalue weighted by atomic mass is 10.2. The van der Waals surface area contributed by atoms with Gasteiger partial charge in [0, 0.05) is 47.6 Å². The number of sulfonamides is 1. The summed E-state index contributed by atoms with van der Waals surface area (Å²) in [6.07, 6.45) is 3.76. The van der Waals surface area contributed by atoms with Crippen molar-refractivity contribution < 1.29 is 17.9 Å². The molecule has 1 aromatic heterocycles. The number of rotatable bonds is 14. The first-order chi connectivity index (χ1) is 17.7. The number of hydrogen-bond donors (Lipinski definition) is 0. The van der Waals surface area contributed by atoms with Gasteiger partial charge in [0.15, 0.2) is 0 Å². The van der Waals surface area contributed by atoms with Gasteiger partial charge in [-0.05, 0) is 60.5 Å². The highest BCUT2D eigenvalue weighted by atomic mass is 79.9. The zero-order valence-electron chi connectivity index (χ0n) is 21.1. The topological polar surface area (TPSA) is 71.9 Å². The van der Waals surface area contributed by atoms with E-state index in [0.29, 0.717) is 19.6 Å². The molecule has 0 aliphatic carbocycles. The second-order valence-electron chi connectivity index (χ2n) is 8.71. The molecular formula is C27H33Br2N3O4S. The van der Waals surface area contributed by atoms with Crippen molar-refractivity contribution in [2.75, 3.05) is 33.4 Å². The summed E-state index contributed by atoms with van der Waals surface area (Å²) in [5, 5.41) is 0. The third-order valence-corrected chi connectivity index (χ3v) is 8.90. The zero-order chi connectivity index (χ0) is 26.8. The van der Waals surface area contributed by atoms with Crippen LogP contribution in [0.4, 0.5) is 0 Å². The van der Waals surface area contributed by atoms with Crippen LogP contribution >= 0.6 is 31.9 Å². The Morgan fingerprint density at radius 3 is 2.24 bits per heavy atom. The monoisotopic (exact) mass is 653 g/mol. The Balaban J connectivity index is 1.80. The molecule has 200 valence electrons. The molecule has 10 heteroatoms. The quantitative estimate of drug-likeness (QED) is 0.229. The van der Waals surface area contributed by atoms with E-state index >= 15 is 0 Å². The van der Waals surface area contributed by atoms with E-state index < -0.39 is 10.0 Å². The third-order valence-electron chi connectivity index (χ3n) is 5.98. The molecule has 0 fully saturated rings. The third kappa shape index (κ3) is 8.51. The Labute approximate surface area is 236 Å². The number of amides is 1. The predicted molar refractivity (Wildman–Crippen MR) is 153 cm³/mol. The smallest absolute Gasteiger partial charge is 0.243 e. The summed E-state index contributed by atoms with van der Waals surface area (Å²) in [6.45, 7) is 3.73. The number of carbonyl (C=O) groups is 1. The van der Waals surface area contributed by atoms with Gasteiger partial charge in [-0.25, -0.2) is 8.42 Å². The molecule has 0 aliphatic heterocycles. The fourth-order valence-electron chi connectivity index (χ4n) is 3.85. The summed E-state index contributed by atoms with van der Waals surface area (Å²) in [5.41, 5.74) is 2.14. The van der Waals surface area contributed by atoms with Gasteiger partial charge in [0.2, 0.25) is 15.9 Å². The summed E-state index contributed by atoms with van der Waals surface area (Å²) in [5.74, 6) is -0.235. The highest BCUT2D eigenvalue weighted by molar-refractivity contribution is 9.10. The number of ether oxygens (including phenoxy) is 1. The summed E-state index contributed by atoms with van der Waals surface area (Å²) in [7, 11) is -2.36. The lowest BCUT2D eigenvalue weighted by Gasteiger charge is -2.27. The Bertz CT molecular complexity index is 1250. The van der Waals surface area contributed by atoms with E-state index in [1.807, 2.05) is 30.5 Å². The van der Waals surface area contributed by atoms with Gasteiger partial charge < -0.3 is 14.2 Å². The second kappa shape index (κ2) is 14.2. The van der Waals surface area contributed by atoms with Gasteiger partial charge >= 0.3 is 0 Å². The largest absolute Gasteiger partial charge is 0.383 e. The average molecular weight is 655 g/mol. The molecule has 0 atom stereocenters. The Hall–Kier alpha value is -1.98. The van der Waals surface area contributed by atoms with E-state index in [0.717, 1.165) is 33.0 Å². The van der Waals surface area contributed by atoms with Crippen LogP contribution in [0.15, 0.2) is 80.7 Å². The van der Waals surface area contributed by atoms with Crippen LogP contribution in [0, 0.1) is 0 Å². The normalized spacial score (nSPS) is 11.7. The minimum absolute atomic E-state index is 0.0855. The van der Waals surface area contributed by atoms with Gasteiger partial charge in [0.05, 0.1) is 24.6 Å². The lowest BCUT2D eigenvalue weighted by Crippen LogP contribution is -2.44. The van der Waals surface area contributed by atoms with E-state index in [2.05, 4.69) is 55.5 Å². The van der Waals surface area contributed by atoms with Crippen molar-refractivity contribution in [2.24, 2.45) is 0 Å². The fourth-order valence-corrected chi connectivity index (χ4v) is 5.76. The number of benzene rings is 2. The molecule has 3 aromatic rings. The maximum atomic E-state index is 13.5. The van der Waals surface area contributed by atoms with Crippen LogP contribution in [-0.4, -0.2) is 61.4 Å². The standard InChI is InChI=1S/C27H33Br2N3O4S/c1-3-4-15-31(20-25-6-5-16-30(25)19-22-7-9-23(28)10-8-22)27(33)21-32(17-18-36-2)37(34,35)26-13-11-24(29)12-14-26/h5-14,16H,3-4,15,17-21H2,1-2H3. The molecule has 0 bridgehead atoms. The minimum atomic E-state index is -3.88. The van der Waals surface area contributed by atoms with Crippen molar-refractivity contribution in [3.8, 4) is 0 Å². The molecule has 0 aliphatic rings. The summed E-state index contributed by atoms with van der Waals surface area (Å²) < 4.78 is 37.1. The SMILES string of the molecule is CCCCN(Cc1cccn1Cc1ccc(Br)cc1)C(=O)CN(CCOC)S(=O)(=O)c1ccc(Br)cc1. The van der Waals surface area contributed by atoms with Crippen molar-refractivity contribution in [1.29, 1.82) is 0 Å². The zero-order valence-corrected chi connectivity index (χ0v) is 25.1. The van der Waals surface area contributed by atoms with Gasteiger partial charge in [-0.15, -0.1) is 0 Å². The number of aromatic nitrogens is 1. The van der Waals surface area contributed by atoms with Crippen molar-refractivity contribution in [2.45, 2.75) is 37.8 Å². The van der Waals surface area contributed by atoms with Crippen LogP contribution in [0.25, 0.3) is 0 Å². The number of unbranched alkanes of at least 4 members (excludes halogenated alkanes) is 1. The molecule has 3 rings (SSSR count). The van der Waals surface area contributed by atoms with Crippen molar-refractivity contribution >= 4 is 47.8 Å². The molecule has 0 radical (unpaired) electrons. The fraction of sp³-hybridized carbons (Fsp3) is 0.370. The predicted octanol–water partition coefficient (Wildman–Crippen LogP) is 5.53. The summed E-state index contributed by atoms with van der Waals surface area (Å²) in [6, 6.07) is 18.6. The molecule has 0 saturated carbocycles. The van der Waals surface area contributed by atoms with Crippen molar-refractivity contribution in [3.63, 3.8) is 0 Å². The summed E-state index contributed by atoms with van der Waals surface area (Å²) >= 11 is 6.81. The van der Waals surface area contributed by atoms with Crippen LogP contribution in [0.2, 0.25) is 0 Å². The molecule has 0 unspecified atom stereocenters. The molecule has 0 N–H and O–H groups in total. The van der Waals surface area contributed by atoms with Crippen LogP contribution in [0.3, 0.4) is 0 Å². The van der Waals surface area contributed by atoms with Gasteiger partial charge in [0.25, 0.3) is 0 Å². The Morgan fingerprint density at radius 1 is 0.973 bits per heavy atom. The van der Waals surface area contributed by atoms with Crippen LogP contribution in [0.5, 0.6) is 0 Å². The first kappa shape index (κ1) is 29.6. The second-order valence-corrected chi connectivity index (χ2v) is 12.5. The van der Waals surface area contributed by atoms with E-state index in [1.165, 1.54) is 23.5 Å². The van der Waals surface area contributed by atoms with E-state index in [-0.39, 0.29) is 30.5 Å². The van der Waals surface area contributed by atoms with Gasteiger partial charge in [-0.3, -0.25) is 4.79 Å². The highest BCUT2D eigenvalue weighted by Crippen LogP contribution is 2.20. The van der Waals surface area contributed by atoms with Crippen LogP contribution in [-0.2, 0) is 32.6 Å². The molecule has 7 nitrogen and oxygen atoms in total. The van der Waals surface area contributed by atoms with Crippen LogP contribution in [0.1, 0.15) is 31.0 Å². The molecule has 37 heavy (non-hydrogen) atoms. The van der Waals surface area contributed by atoms with Gasteiger partial charge in [-0.2, -0.15) is 4.31 Å². The first-order valence-corrected chi connectivity index (χ1v) is 15.2. The van der Waals surface area contributed by atoms with Crippen molar-refractivity contribution in [1.82, 2.24) is 13.8 Å². The van der Waals surface area contributed by atoms with E-state index in [4.69, 9.17) is 4.74 Å². The molecule has 1 heterocycles. The number of halogens is 2. The Kier molecular flexibility index (Phi) is 11.4. The summed E-state index contributed by atoms with van der Waals surface area (Å²) in [4.78, 5) is 15.4. The van der Waals surface area contributed by atoms with Crippen LogP contribution < -0.4 is 0 Å². The minimum Gasteiger partial charge on any atom is -0.383 e. The Morgan fingerprint density at radius 2 is 1.62 bits per heavy atom. The molecule has 0 saturated heterocycles. The van der Waals surface area contributed by atoms with Crippen molar-refractivity contribution in [3.05, 3.63) is 87.1 Å². The lowest BCUT2D eigenvalue weighted by molar-refractivity contribution is -0.132. The number of nitrogens with zero attached hydrogens (tertiary/aromatic N) is 3. The molecule has 0 spiro atoms. The number of hydrogen-bond acceptors (Lipinski definition) is 4. The molecular weight excluding hydrogens is 622 g/mol. The first-order valence-electron chi connectivity index (χ1n) is 12.2. The van der Waals surface area contributed by atoms with Gasteiger partial charge in [-0.1, -0.05) is 57.3 Å². The average Bonchev–Trinajstić information content (AvgIpc) is 3.32. The van der Waals surface area contributed by atoms with E-state index in [1.54, 1.807) is 17.0 Å². The maximum absolute atomic E-state index is 13.5. The number of carbonyl (C=O) groups excluding carboxylic acids is 1. The molecule has 2 aromatic carbocycles. The molecule has 1 amide bonds. The number of methoxy groups -OCH3 is 1. The van der Waals surface area contributed by atoms with E-state index in [9.17, 15) is 13.2 Å². The van der Waals surface area contributed by atoms with Gasteiger partial charge in [0.1, 0.15) is 0 Å².